The highest BCUT2D eigenvalue weighted by Crippen LogP contribution is 2.40. The number of sulfonamides is 1. The molecule has 2 heterocycles. The molecule has 0 spiro atoms. The Morgan fingerprint density at radius 1 is 0.956 bits per heavy atom. The number of rotatable bonds is 11. The smallest absolute Gasteiger partial charge is 0.416 e. The topological polar surface area (TPSA) is 116 Å². The molecule has 4 rings (SSSR count). The van der Waals surface area contributed by atoms with Crippen LogP contribution in [-0.2, 0) is 27.2 Å². The Bertz CT molecular complexity index is 1720. The van der Waals surface area contributed by atoms with Crippen molar-refractivity contribution in [3.05, 3.63) is 80.4 Å². The first kappa shape index (κ1) is 34.4. The Balaban J connectivity index is 1.34. The number of anilines is 1. The van der Waals surface area contributed by atoms with Crippen LogP contribution in [0.5, 0.6) is 0 Å². The van der Waals surface area contributed by atoms with Crippen LogP contribution in [-0.4, -0.2) is 47.0 Å². The van der Waals surface area contributed by atoms with Gasteiger partial charge in [0.1, 0.15) is 0 Å². The average molecular weight is 710 g/mol. The molecule has 8 nitrogen and oxygen atoms in total. The van der Waals surface area contributed by atoms with Gasteiger partial charge in [-0.3, -0.25) is 9.52 Å². The second kappa shape index (κ2) is 13.5. The molecule has 1 aliphatic heterocycles. The third-order valence-electron chi connectivity index (χ3n) is 6.12. The van der Waals surface area contributed by atoms with E-state index in [0.29, 0.717) is 23.4 Å². The minimum atomic E-state index is -4.99. The molecule has 0 radical (unpaired) electrons. The van der Waals surface area contributed by atoms with Gasteiger partial charge in [0.05, 0.1) is 27.3 Å². The summed E-state index contributed by atoms with van der Waals surface area (Å²) in [4.78, 5) is 24.4. The molecule has 3 N–H and O–H groups in total. The summed E-state index contributed by atoms with van der Waals surface area (Å²) in [5, 5.41) is 11.4. The average Bonchev–Trinajstić information content (AvgIpc) is 3.51. The highest BCUT2D eigenvalue weighted by Gasteiger charge is 2.37. The number of hydrogen-bond acceptors (Lipinski definition) is 8. The molecule has 45 heavy (non-hydrogen) atoms. The normalized spacial score (nSPS) is 15.2. The van der Waals surface area contributed by atoms with Gasteiger partial charge in [0.15, 0.2) is 4.32 Å². The summed E-state index contributed by atoms with van der Waals surface area (Å²) < 4.78 is 107. The van der Waals surface area contributed by atoms with Crippen LogP contribution in [0.1, 0.15) is 39.2 Å². The Morgan fingerprint density at radius 3 is 2.16 bits per heavy atom. The van der Waals surface area contributed by atoms with Crippen molar-refractivity contribution in [1.82, 2.24) is 10.4 Å². The number of nitrogens with one attached hydrogen (secondary N) is 2. The third-order valence-corrected chi connectivity index (χ3v) is 9.68. The number of hydrogen-bond donors (Lipinski definition) is 3. The molecule has 2 aromatic carbocycles. The number of carboxylic acids is 1. The first-order valence-electron chi connectivity index (χ1n) is 12.7. The van der Waals surface area contributed by atoms with E-state index in [0.717, 1.165) is 28.1 Å². The maximum atomic E-state index is 13.3. The number of nitrogens with zero attached hydrogens (tertiary/aromatic N) is 1. The lowest BCUT2D eigenvalue weighted by atomic mass is 10.0. The number of carbonyl (C=O) groups is 2. The van der Waals surface area contributed by atoms with Gasteiger partial charge < -0.3 is 5.11 Å². The molecule has 18 heteroatoms. The summed E-state index contributed by atoms with van der Waals surface area (Å²) in [7, 11) is -3.72. The van der Waals surface area contributed by atoms with E-state index < -0.39 is 45.4 Å². The molecule has 0 atom stereocenters. The van der Waals surface area contributed by atoms with Crippen LogP contribution in [0.4, 0.5) is 32.0 Å². The van der Waals surface area contributed by atoms with Gasteiger partial charge in [-0.1, -0.05) is 24.0 Å². The predicted octanol–water partition coefficient (Wildman–Crippen LogP) is 7.08. The summed E-state index contributed by atoms with van der Waals surface area (Å²) in [5.41, 5.74) is -0.00774. The molecule has 0 aliphatic carbocycles. The number of hydrazine groups is 1. The van der Waals surface area contributed by atoms with Crippen LogP contribution in [0.25, 0.3) is 17.2 Å². The number of halogens is 6. The fourth-order valence-electron chi connectivity index (χ4n) is 3.95. The van der Waals surface area contributed by atoms with Crippen molar-refractivity contribution in [3.63, 3.8) is 0 Å². The van der Waals surface area contributed by atoms with Gasteiger partial charge in [-0.15, -0.1) is 11.3 Å². The minimum absolute atomic E-state index is 0.00722. The molecule has 3 aromatic rings. The summed E-state index contributed by atoms with van der Waals surface area (Å²) in [6, 6.07) is 7.87. The Hall–Kier alpha value is -3.45. The maximum absolute atomic E-state index is 13.3. The monoisotopic (exact) mass is 709 g/mol. The molecular formula is C27H21F6N3O5S4. The fraction of sp³-hybridized carbons (Fsp3) is 0.222. The number of amides is 1. The van der Waals surface area contributed by atoms with Crippen LogP contribution in [0.3, 0.4) is 0 Å². The summed E-state index contributed by atoms with van der Waals surface area (Å²) in [6.07, 6.45) is -8.00. The van der Waals surface area contributed by atoms with Gasteiger partial charge in [-0.25, -0.2) is 23.6 Å². The number of thiophene rings is 1. The largest absolute Gasteiger partial charge is 0.478 e. The predicted molar refractivity (Wildman–Crippen MR) is 163 cm³/mol. The van der Waals surface area contributed by atoms with Crippen LogP contribution in [0.15, 0.2) is 58.8 Å². The molecular weight excluding hydrogens is 689 g/mol. The van der Waals surface area contributed by atoms with Gasteiger partial charge in [-0.2, -0.15) is 26.3 Å². The second-order valence-electron chi connectivity index (χ2n) is 9.47. The van der Waals surface area contributed by atoms with Crippen molar-refractivity contribution in [2.45, 2.75) is 25.2 Å². The molecule has 0 bridgehead atoms. The Kier molecular flexibility index (Phi) is 10.3. The lowest BCUT2D eigenvalue weighted by Gasteiger charge is -2.15. The highest BCUT2D eigenvalue weighted by atomic mass is 32.2. The molecule has 0 saturated carbocycles. The summed E-state index contributed by atoms with van der Waals surface area (Å²) in [6.45, 7) is 0.183. The molecule has 1 saturated heterocycles. The number of benzene rings is 2. The van der Waals surface area contributed by atoms with E-state index >= 15 is 0 Å². The number of thioether (sulfide) groups is 1. The van der Waals surface area contributed by atoms with Crippen molar-refractivity contribution < 1.29 is 49.5 Å². The van der Waals surface area contributed by atoms with Gasteiger partial charge in [0.2, 0.25) is 10.0 Å². The summed E-state index contributed by atoms with van der Waals surface area (Å²) >= 11 is 7.19. The van der Waals surface area contributed by atoms with Gasteiger partial charge >= 0.3 is 18.3 Å². The van der Waals surface area contributed by atoms with E-state index in [2.05, 4.69) is 10.1 Å². The standard InChI is InChI=1S/C27H21F6N3O5S4/c28-26(29,30)18-9-16(10-19(12-18)27(31,32)33)17-11-21(43-14-17)13-22-23(37)36(25(42)44-22)34-7-1-2-8-45(40,41)35-20-5-3-15(4-6-20)24(38)39/h3-6,9-14,34-35H,1-2,7-8H2,(H,38,39). The van der Waals surface area contributed by atoms with Gasteiger partial charge in [0.25, 0.3) is 5.91 Å². The van der Waals surface area contributed by atoms with E-state index in [1.54, 1.807) is 0 Å². The van der Waals surface area contributed by atoms with E-state index in [1.165, 1.54) is 41.8 Å². The van der Waals surface area contributed by atoms with E-state index in [1.807, 2.05) is 0 Å². The zero-order chi connectivity index (χ0) is 33.2. The molecule has 1 fully saturated rings. The number of unbranched alkanes of at least 4 members (excludes halogenated alkanes) is 1. The minimum Gasteiger partial charge on any atom is -0.478 e. The van der Waals surface area contributed by atoms with Crippen molar-refractivity contribution in [2.75, 3.05) is 17.0 Å². The van der Waals surface area contributed by atoms with Crippen molar-refractivity contribution in [2.24, 2.45) is 0 Å². The van der Waals surface area contributed by atoms with Gasteiger partial charge in [0, 0.05) is 17.1 Å². The first-order chi connectivity index (χ1) is 20.9. The Morgan fingerprint density at radius 2 is 1.58 bits per heavy atom. The lowest BCUT2D eigenvalue weighted by Crippen LogP contribution is -2.41. The highest BCUT2D eigenvalue weighted by molar-refractivity contribution is 8.26. The van der Waals surface area contributed by atoms with Gasteiger partial charge in [-0.05, 0) is 84.0 Å². The number of aromatic carboxylic acids is 1. The van der Waals surface area contributed by atoms with Crippen LogP contribution < -0.4 is 10.1 Å². The zero-order valence-electron chi connectivity index (χ0n) is 22.5. The maximum Gasteiger partial charge on any atom is 0.416 e. The van der Waals surface area contributed by atoms with E-state index in [-0.39, 0.29) is 56.4 Å². The molecule has 1 amide bonds. The zero-order valence-corrected chi connectivity index (χ0v) is 25.8. The van der Waals surface area contributed by atoms with Crippen molar-refractivity contribution >= 4 is 73.3 Å². The van der Waals surface area contributed by atoms with Crippen LogP contribution in [0.2, 0.25) is 0 Å². The van der Waals surface area contributed by atoms with Crippen LogP contribution >= 0.6 is 35.3 Å². The quantitative estimate of drug-likeness (QED) is 0.0838. The SMILES string of the molecule is O=C(O)c1ccc(NS(=O)(=O)CCCCNN2C(=O)C(=Cc3cc(-c4cc(C(F)(F)F)cc(C(F)(F)F)c4)cs3)SC2=S)cc1. The lowest BCUT2D eigenvalue weighted by molar-refractivity contribution is -0.143. The summed E-state index contributed by atoms with van der Waals surface area (Å²) in [5.74, 6) is -1.92. The van der Waals surface area contributed by atoms with Crippen molar-refractivity contribution in [3.8, 4) is 11.1 Å². The number of thiocarbonyl (C=S) groups is 1. The second-order valence-corrected chi connectivity index (χ2v) is 13.9. The number of carbonyl (C=O) groups excluding carboxylic acids is 1. The number of alkyl halides is 6. The van der Waals surface area contributed by atoms with Crippen LogP contribution in [0, 0.1) is 0 Å². The molecule has 0 unspecified atom stereocenters. The van der Waals surface area contributed by atoms with E-state index in [4.69, 9.17) is 17.3 Å². The molecule has 240 valence electrons. The number of carboxylic acid groups (broad SMARTS) is 1. The first-order valence-corrected chi connectivity index (χ1v) is 16.4. The molecule has 1 aromatic heterocycles. The molecule has 1 aliphatic rings. The van der Waals surface area contributed by atoms with Crippen molar-refractivity contribution in [1.29, 1.82) is 0 Å². The Labute approximate surface area is 266 Å². The van der Waals surface area contributed by atoms with E-state index in [9.17, 15) is 44.3 Å². The fourth-order valence-corrected chi connectivity index (χ4v) is 7.27. The third kappa shape index (κ3) is 9.06.